The van der Waals surface area contributed by atoms with Gasteiger partial charge < -0.3 is 0 Å². The van der Waals surface area contributed by atoms with Crippen molar-refractivity contribution in [3.05, 3.63) is 12.2 Å². The largest absolute Gasteiger partial charge is 0.0848 e. The van der Waals surface area contributed by atoms with E-state index in [1.165, 1.54) is 35.5 Å². The second kappa shape index (κ2) is 3.31. The Labute approximate surface area is 128 Å². The molecule has 0 radical (unpaired) electrons. The van der Waals surface area contributed by atoms with Crippen LogP contribution in [0, 0.1) is 64.6 Å². The lowest BCUT2D eigenvalue weighted by Crippen LogP contribution is -2.44. The average Bonchev–Trinajstić information content (AvgIpc) is 3.26. The van der Waals surface area contributed by atoms with Crippen molar-refractivity contribution in [2.45, 2.75) is 51.4 Å². The van der Waals surface area contributed by atoms with E-state index >= 15 is 0 Å². The van der Waals surface area contributed by atoms with Crippen LogP contribution >= 0.6 is 0 Å². The van der Waals surface area contributed by atoms with Gasteiger partial charge in [0.2, 0.25) is 0 Å². The molecule has 0 amide bonds. The molecule has 6 saturated carbocycles. The van der Waals surface area contributed by atoms with Crippen molar-refractivity contribution in [2.24, 2.45) is 64.6 Å². The van der Waals surface area contributed by atoms with Gasteiger partial charge in [-0.25, -0.2) is 0 Å². The summed E-state index contributed by atoms with van der Waals surface area (Å²) in [7, 11) is 0. The highest BCUT2D eigenvalue weighted by Crippen LogP contribution is 2.81. The van der Waals surface area contributed by atoms with Crippen LogP contribution in [0.5, 0.6) is 0 Å². The minimum atomic E-state index is 0.887. The Balaban J connectivity index is 1.32. The monoisotopic (exact) mass is 280 g/mol. The van der Waals surface area contributed by atoms with Crippen molar-refractivity contribution in [3.63, 3.8) is 0 Å². The predicted molar refractivity (Wildman–Crippen MR) is 83.4 cm³/mol. The Morgan fingerprint density at radius 1 is 0.714 bits per heavy atom. The van der Waals surface area contributed by atoms with Gasteiger partial charge in [0.05, 0.1) is 0 Å². The molecule has 7 aliphatic rings. The zero-order valence-corrected chi connectivity index (χ0v) is 13.1. The molecule has 7 bridgehead atoms. The predicted octanol–water partition coefficient (Wildman–Crippen LogP) is 4.91. The summed E-state index contributed by atoms with van der Waals surface area (Å²) in [5.74, 6) is 11.4. The first kappa shape index (κ1) is 11.3. The highest BCUT2D eigenvalue weighted by atomic mass is 14.8. The third-order valence-corrected chi connectivity index (χ3v) is 10.3. The summed E-state index contributed by atoms with van der Waals surface area (Å²) in [6.07, 6.45) is 18.3. The number of hydrogen-bond donors (Lipinski definition) is 0. The molecule has 7 aliphatic carbocycles. The third-order valence-electron chi connectivity index (χ3n) is 10.3. The Kier molecular flexibility index (Phi) is 1.78. The van der Waals surface area contributed by atoms with Gasteiger partial charge in [-0.05, 0) is 103 Å². The molecule has 0 nitrogen and oxygen atoms in total. The Bertz CT molecular complexity index is 546. The van der Waals surface area contributed by atoms with Crippen LogP contribution in [-0.2, 0) is 0 Å². The molecule has 0 heteroatoms. The van der Waals surface area contributed by atoms with Gasteiger partial charge in [0.15, 0.2) is 0 Å². The lowest BCUT2D eigenvalue weighted by Gasteiger charge is -2.50. The van der Waals surface area contributed by atoms with Crippen LogP contribution in [0.1, 0.15) is 51.4 Å². The van der Waals surface area contributed by atoms with Crippen LogP contribution in [0.4, 0.5) is 0 Å². The van der Waals surface area contributed by atoms with Gasteiger partial charge in [0, 0.05) is 0 Å². The molecular weight excluding hydrogens is 252 g/mol. The van der Waals surface area contributed by atoms with Gasteiger partial charge in [0.1, 0.15) is 0 Å². The van der Waals surface area contributed by atoms with E-state index in [0.717, 1.165) is 29.1 Å². The van der Waals surface area contributed by atoms with Crippen LogP contribution in [0.3, 0.4) is 0 Å². The summed E-state index contributed by atoms with van der Waals surface area (Å²) in [5.41, 5.74) is 0.887. The van der Waals surface area contributed by atoms with E-state index in [4.69, 9.17) is 0 Å². The first-order valence-corrected chi connectivity index (χ1v) is 10.0. The quantitative estimate of drug-likeness (QED) is 0.553. The van der Waals surface area contributed by atoms with Crippen molar-refractivity contribution < 1.29 is 0 Å². The Morgan fingerprint density at radius 2 is 1.57 bits per heavy atom. The number of fused-ring (bicyclic) bond motifs is 8. The summed E-state index contributed by atoms with van der Waals surface area (Å²) in [6.45, 7) is 0. The van der Waals surface area contributed by atoms with Crippen LogP contribution in [-0.4, -0.2) is 0 Å². The van der Waals surface area contributed by atoms with Gasteiger partial charge >= 0.3 is 0 Å². The fraction of sp³-hybridized carbons (Fsp3) is 0.905. The molecule has 0 N–H and O–H groups in total. The smallest absolute Gasteiger partial charge is 0.0196 e. The molecule has 112 valence electrons. The average molecular weight is 280 g/mol. The van der Waals surface area contributed by atoms with Gasteiger partial charge in [-0.3, -0.25) is 0 Å². The lowest BCUT2D eigenvalue weighted by molar-refractivity contribution is -0.0162. The molecule has 0 heterocycles. The maximum Gasteiger partial charge on any atom is -0.0196 e. The number of allylic oxidation sites excluding steroid dienone is 2. The number of rotatable bonds is 0. The molecule has 0 aliphatic heterocycles. The fourth-order valence-corrected chi connectivity index (χ4v) is 10.1. The number of hydrogen-bond acceptors (Lipinski definition) is 0. The summed E-state index contributed by atoms with van der Waals surface area (Å²) in [6, 6.07) is 0. The van der Waals surface area contributed by atoms with E-state index < -0.39 is 0 Å². The third kappa shape index (κ3) is 1.05. The molecule has 1 spiro atoms. The zero-order chi connectivity index (χ0) is 13.3. The molecule has 0 saturated heterocycles. The summed E-state index contributed by atoms with van der Waals surface area (Å²) < 4.78 is 0. The molecule has 0 aromatic heterocycles. The van der Waals surface area contributed by atoms with E-state index in [0.29, 0.717) is 0 Å². The van der Waals surface area contributed by atoms with E-state index in [9.17, 15) is 0 Å². The van der Waals surface area contributed by atoms with E-state index in [2.05, 4.69) is 12.2 Å². The van der Waals surface area contributed by atoms with Crippen LogP contribution in [0.15, 0.2) is 12.2 Å². The van der Waals surface area contributed by atoms with Crippen LogP contribution < -0.4 is 0 Å². The first-order valence-electron chi connectivity index (χ1n) is 10.0. The van der Waals surface area contributed by atoms with Crippen molar-refractivity contribution in [1.29, 1.82) is 0 Å². The van der Waals surface area contributed by atoms with Crippen LogP contribution in [0.2, 0.25) is 0 Å². The molecule has 0 aromatic carbocycles. The molecule has 11 unspecified atom stereocenters. The minimum absolute atomic E-state index is 0.887. The normalized spacial score (nSPS) is 71.2. The van der Waals surface area contributed by atoms with Gasteiger partial charge in [-0.2, -0.15) is 0 Å². The van der Waals surface area contributed by atoms with Gasteiger partial charge in [-0.1, -0.05) is 25.0 Å². The summed E-state index contributed by atoms with van der Waals surface area (Å²) >= 11 is 0. The Morgan fingerprint density at radius 3 is 2.48 bits per heavy atom. The first-order chi connectivity index (χ1) is 10.4. The standard InChI is InChI=1S/C21H28/c1-2-13-9-21-10-17(20(13)18(21)3-1)16-7-14-11-4-5-12(6-11)15(14)8-19(16)21/h4-5,11-20H,1-3,6-10H2. The Hall–Kier alpha value is -0.260. The lowest BCUT2D eigenvalue weighted by atomic mass is 9.54. The molecule has 21 heavy (non-hydrogen) atoms. The van der Waals surface area contributed by atoms with Crippen molar-refractivity contribution >= 4 is 0 Å². The highest BCUT2D eigenvalue weighted by Gasteiger charge is 2.74. The van der Waals surface area contributed by atoms with Crippen molar-refractivity contribution in [3.8, 4) is 0 Å². The molecule has 7 rings (SSSR count). The molecule has 6 fully saturated rings. The van der Waals surface area contributed by atoms with Gasteiger partial charge in [-0.15, -0.1) is 0 Å². The fourth-order valence-electron chi connectivity index (χ4n) is 10.1. The minimum Gasteiger partial charge on any atom is -0.0848 e. The highest BCUT2D eigenvalue weighted by molar-refractivity contribution is 5.24. The van der Waals surface area contributed by atoms with Gasteiger partial charge in [0.25, 0.3) is 0 Å². The molecule has 0 aromatic rings. The van der Waals surface area contributed by atoms with E-state index in [-0.39, 0.29) is 0 Å². The topological polar surface area (TPSA) is 0 Å². The zero-order valence-electron chi connectivity index (χ0n) is 13.1. The molecule has 11 atom stereocenters. The summed E-state index contributed by atoms with van der Waals surface area (Å²) in [4.78, 5) is 0. The van der Waals surface area contributed by atoms with Crippen LogP contribution in [0.25, 0.3) is 0 Å². The molecular formula is C21H28. The second-order valence-corrected chi connectivity index (χ2v) is 10.2. The van der Waals surface area contributed by atoms with Crippen molar-refractivity contribution in [2.75, 3.05) is 0 Å². The van der Waals surface area contributed by atoms with E-state index in [1.807, 2.05) is 0 Å². The van der Waals surface area contributed by atoms with E-state index in [1.54, 1.807) is 51.4 Å². The second-order valence-electron chi connectivity index (χ2n) is 10.2. The summed E-state index contributed by atoms with van der Waals surface area (Å²) in [5, 5.41) is 0. The maximum atomic E-state index is 2.62. The SMILES string of the molecule is C1=CC2CC1C1CC3C4CC5(CC6CCCC5C64)C3CC21. The maximum absolute atomic E-state index is 2.62. The van der Waals surface area contributed by atoms with Crippen molar-refractivity contribution in [1.82, 2.24) is 0 Å².